The highest BCUT2D eigenvalue weighted by Crippen LogP contribution is 2.09. The van der Waals surface area contributed by atoms with Crippen LogP contribution in [0.4, 0.5) is 5.69 Å². The van der Waals surface area contributed by atoms with Crippen molar-refractivity contribution < 1.29 is 0 Å². The molecule has 0 unspecified atom stereocenters. The molecule has 2 nitrogen and oxygen atoms in total. The third-order valence-electron chi connectivity index (χ3n) is 2.87. The molecule has 0 atom stereocenters. The van der Waals surface area contributed by atoms with Gasteiger partial charge in [0.2, 0.25) is 0 Å². The van der Waals surface area contributed by atoms with Gasteiger partial charge in [0.25, 0.3) is 0 Å². The standard InChI is InChI=1S/C17H20N2/c1-2-3-14-18-17(15-10-6-4-7-11-15)19-16-12-8-5-9-13-16/h4-13H,2-3,14H2,1H3,(H,18,19). The number of nitrogens with one attached hydrogen (secondary N) is 1. The van der Waals surface area contributed by atoms with E-state index in [0.29, 0.717) is 0 Å². The number of benzene rings is 2. The summed E-state index contributed by atoms with van der Waals surface area (Å²) in [6.45, 7) is 3.04. The summed E-state index contributed by atoms with van der Waals surface area (Å²) in [5, 5.41) is 3.40. The molecule has 0 saturated heterocycles. The molecule has 98 valence electrons. The number of nitrogens with zero attached hydrogens (tertiary/aromatic N) is 1. The third-order valence-corrected chi connectivity index (χ3v) is 2.87. The normalized spacial score (nSPS) is 11.3. The minimum Gasteiger partial charge on any atom is -0.340 e. The Hall–Kier alpha value is -2.09. The Bertz CT molecular complexity index is 503. The zero-order valence-electron chi connectivity index (χ0n) is 11.3. The Morgan fingerprint density at radius 3 is 2.21 bits per heavy atom. The zero-order chi connectivity index (χ0) is 13.3. The number of anilines is 1. The van der Waals surface area contributed by atoms with Gasteiger partial charge >= 0.3 is 0 Å². The fraction of sp³-hybridized carbons (Fsp3) is 0.235. The summed E-state index contributed by atoms with van der Waals surface area (Å²) in [7, 11) is 0. The molecule has 2 rings (SSSR count). The predicted octanol–water partition coefficient (Wildman–Crippen LogP) is 4.35. The van der Waals surface area contributed by atoms with E-state index < -0.39 is 0 Å². The first-order valence-electron chi connectivity index (χ1n) is 6.82. The maximum atomic E-state index is 4.68. The molecule has 0 aliphatic carbocycles. The van der Waals surface area contributed by atoms with Gasteiger partial charge in [0.1, 0.15) is 5.84 Å². The van der Waals surface area contributed by atoms with Crippen molar-refractivity contribution in [1.82, 2.24) is 0 Å². The van der Waals surface area contributed by atoms with E-state index in [2.05, 4.69) is 41.5 Å². The molecule has 0 heterocycles. The van der Waals surface area contributed by atoms with Crippen LogP contribution in [0.25, 0.3) is 0 Å². The molecule has 0 amide bonds. The molecule has 2 aromatic carbocycles. The van der Waals surface area contributed by atoms with Crippen molar-refractivity contribution in [2.24, 2.45) is 4.99 Å². The van der Waals surface area contributed by atoms with Crippen molar-refractivity contribution in [3.8, 4) is 0 Å². The third kappa shape index (κ3) is 4.25. The number of rotatable bonds is 5. The lowest BCUT2D eigenvalue weighted by atomic mass is 10.2. The quantitative estimate of drug-likeness (QED) is 0.477. The van der Waals surface area contributed by atoms with Crippen LogP contribution in [-0.4, -0.2) is 12.4 Å². The second kappa shape index (κ2) is 7.37. The minimum atomic E-state index is 0.862. The molecular formula is C17H20N2. The van der Waals surface area contributed by atoms with Gasteiger partial charge in [-0.1, -0.05) is 61.9 Å². The number of hydrogen-bond acceptors (Lipinski definition) is 1. The number of unbranched alkanes of at least 4 members (excludes halogenated alkanes) is 1. The molecular weight excluding hydrogens is 232 g/mol. The molecule has 0 aliphatic heterocycles. The fourth-order valence-corrected chi connectivity index (χ4v) is 1.81. The van der Waals surface area contributed by atoms with Crippen LogP contribution in [0.5, 0.6) is 0 Å². The van der Waals surface area contributed by atoms with E-state index in [1.54, 1.807) is 0 Å². The van der Waals surface area contributed by atoms with Crippen LogP contribution in [0.3, 0.4) is 0 Å². The van der Waals surface area contributed by atoms with Crippen molar-refractivity contribution >= 4 is 11.5 Å². The largest absolute Gasteiger partial charge is 0.340 e. The molecule has 0 aliphatic rings. The van der Waals surface area contributed by atoms with Crippen LogP contribution in [-0.2, 0) is 0 Å². The van der Waals surface area contributed by atoms with Crippen molar-refractivity contribution in [3.05, 3.63) is 66.2 Å². The van der Waals surface area contributed by atoms with Crippen LogP contribution in [0.1, 0.15) is 25.3 Å². The van der Waals surface area contributed by atoms with E-state index in [-0.39, 0.29) is 0 Å². The summed E-state index contributed by atoms with van der Waals surface area (Å²) in [6.07, 6.45) is 2.28. The predicted molar refractivity (Wildman–Crippen MR) is 82.8 cm³/mol. The molecule has 0 spiro atoms. The molecule has 0 saturated carbocycles. The SMILES string of the molecule is CCCCN=C(Nc1ccccc1)c1ccccc1. The van der Waals surface area contributed by atoms with Crippen LogP contribution in [0.15, 0.2) is 65.7 Å². The Morgan fingerprint density at radius 2 is 1.58 bits per heavy atom. The number of para-hydroxylation sites is 1. The second-order valence-electron chi connectivity index (χ2n) is 4.44. The Morgan fingerprint density at radius 1 is 0.947 bits per heavy atom. The van der Waals surface area contributed by atoms with Crippen molar-refractivity contribution in [2.45, 2.75) is 19.8 Å². The average Bonchev–Trinajstić information content (AvgIpc) is 2.48. The molecule has 0 bridgehead atoms. The fourth-order valence-electron chi connectivity index (χ4n) is 1.81. The Labute approximate surface area is 115 Å². The van der Waals surface area contributed by atoms with Crippen LogP contribution < -0.4 is 5.32 Å². The lowest BCUT2D eigenvalue weighted by Gasteiger charge is -2.10. The highest BCUT2D eigenvalue weighted by atomic mass is 15.0. The molecule has 0 radical (unpaired) electrons. The van der Waals surface area contributed by atoms with E-state index in [0.717, 1.165) is 36.5 Å². The van der Waals surface area contributed by atoms with Crippen molar-refractivity contribution in [3.63, 3.8) is 0 Å². The lowest BCUT2D eigenvalue weighted by molar-refractivity contribution is 0.808. The van der Waals surface area contributed by atoms with E-state index in [1.165, 1.54) is 0 Å². The maximum absolute atomic E-state index is 4.68. The van der Waals surface area contributed by atoms with Gasteiger partial charge in [-0.25, -0.2) is 0 Å². The van der Waals surface area contributed by atoms with Crippen LogP contribution in [0, 0.1) is 0 Å². The summed E-state index contributed by atoms with van der Waals surface area (Å²) in [5.74, 6) is 0.945. The topological polar surface area (TPSA) is 24.4 Å². The average molecular weight is 252 g/mol. The van der Waals surface area contributed by atoms with Gasteiger partial charge in [-0.2, -0.15) is 0 Å². The summed E-state index contributed by atoms with van der Waals surface area (Å²) >= 11 is 0. The first-order chi connectivity index (χ1) is 9.40. The molecule has 0 fully saturated rings. The van der Waals surface area contributed by atoms with Gasteiger partial charge in [-0.05, 0) is 18.6 Å². The minimum absolute atomic E-state index is 0.862. The highest BCUT2D eigenvalue weighted by molar-refractivity contribution is 6.08. The Kier molecular flexibility index (Phi) is 5.17. The first-order valence-corrected chi connectivity index (χ1v) is 6.82. The number of aliphatic imine (C=N–C) groups is 1. The number of hydrogen-bond donors (Lipinski definition) is 1. The second-order valence-corrected chi connectivity index (χ2v) is 4.44. The lowest BCUT2D eigenvalue weighted by Crippen LogP contribution is -2.14. The summed E-state index contributed by atoms with van der Waals surface area (Å²) in [4.78, 5) is 4.68. The molecule has 2 heteroatoms. The van der Waals surface area contributed by atoms with E-state index in [9.17, 15) is 0 Å². The summed E-state index contributed by atoms with van der Waals surface area (Å²) < 4.78 is 0. The van der Waals surface area contributed by atoms with Gasteiger partial charge in [0.15, 0.2) is 0 Å². The van der Waals surface area contributed by atoms with Gasteiger partial charge in [-0.15, -0.1) is 0 Å². The summed E-state index contributed by atoms with van der Waals surface area (Å²) in [5.41, 5.74) is 2.20. The van der Waals surface area contributed by atoms with Gasteiger partial charge in [0, 0.05) is 17.8 Å². The molecule has 2 aromatic rings. The van der Waals surface area contributed by atoms with Gasteiger partial charge < -0.3 is 5.32 Å². The van der Waals surface area contributed by atoms with Crippen LogP contribution >= 0.6 is 0 Å². The monoisotopic (exact) mass is 252 g/mol. The van der Waals surface area contributed by atoms with E-state index in [1.807, 2.05) is 36.4 Å². The number of amidine groups is 1. The zero-order valence-corrected chi connectivity index (χ0v) is 11.3. The summed E-state index contributed by atoms with van der Waals surface area (Å²) in [6, 6.07) is 20.4. The van der Waals surface area contributed by atoms with Gasteiger partial charge in [-0.3, -0.25) is 4.99 Å². The van der Waals surface area contributed by atoms with Crippen molar-refractivity contribution in [1.29, 1.82) is 0 Å². The highest BCUT2D eigenvalue weighted by Gasteiger charge is 2.02. The van der Waals surface area contributed by atoms with Crippen LogP contribution in [0.2, 0.25) is 0 Å². The smallest absolute Gasteiger partial charge is 0.132 e. The first kappa shape index (κ1) is 13.3. The van der Waals surface area contributed by atoms with E-state index >= 15 is 0 Å². The molecule has 0 aromatic heterocycles. The maximum Gasteiger partial charge on any atom is 0.132 e. The molecule has 19 heavy (non-hydrogen) atoms. The van der Waals surface area contributed by atoms with Gasteiger partial charge in [0.05, 0.1) is 0 Å². The molecule has 1 N–H and O–H groups in total. The van der Waals surface area contributed by atoms with E-state index in [4.69, 9.17) is 0 Å². The van der Waals surface area contributed by atoms with Crippen molar-refractivity contribution in [2.75, 3.05) is 11.9 Å². The Balaban J connectivity index is 2.17.